The minimum absolute atomic E-state index is 0.0112. The lowest BCUT2D eigenvalue weighted by atomic mass is 10.2. The van der Waals surface area contributed by atoms with Crippen LogP contribution in [0.2, 0.25) is 5.02 Å². The zero-order valence-electron chi connectivity index (χ0n) is 15.9. The van der Waals surface area contributed by atoms with Gasteiger partial charge >= 0.3 is 6.03 Å². The van der Waals surface area contributed by atoms with Gasteiger partial charge in [0.2, 0.25) is 0 Å². The van der Waals surface area contributed by atoms with Crippen molar-refractivity contribution in [2.24, 2.45) is 0 Å². The summed E-state index contributed by atoms with van der Waals surface area (Å²) >= 11 is 12.1. The van der Waals surface area contributed by atoms with Crippen LogP contribution in [-0.2, 0) is 0 Å². The zero-order valence-corrected chi connectivity index (χ0v) is 17.4. The van der Waals surface area contributed by atoms with E-state index in [1.54, 1.807) is 30.5 Å². The number of pyridine rings is 1. The summed E-state index contributed by atoms with van der Waals surface area (Å²) in [6, 6.07) is 1.33. The minimum atomic E-state index is -0.340. The maximum Gasteiger partial charge on any atom is 0.323 e. The Balaban J connectivity index is 0.00000326. The average molecular weight is 409 g/mol. The molecule has 0 saturated carbocycles. The van der Waals surface area contributed by atoms with E-state index in [2.05, 4.69) is 23.1 Å². The van der Waals surface area contributed by atoms with E-state index < -0.39 is 0 Å². The molecule has 5 nitrogen and oxygen atoms in total. The highest BCUT2D eigenvalue weighted by atomic mass is 35.5. The van der Waals surface area contributed by atoms with Gasteiger partial charge in [-0.15, -0.1) is 12.8 Å². The highest BCUT2D eigenvalue weighted by Crippen LogP contribution is 2.16. The summed E-state index contributed by atoms with van der Waals surface area (Å²) in [6.45, 7) is 6.04. The van der Waals surface area contributed by atoms with Crippen molar-refractivity contribution in [3.05, 3.63) is 52.3 Å². The number of urea groups is 1. The van der Waals surface area contributed by atoms with E-state index in [0.717, 1.165) is 12.8 Å². The molecule has 1 heterocycles. The number of hydrogen-bond donors (Lipinski definition) is 2. The molecule has 0 aliphatic carbocycles. The summed E-state index contributed by atoms with van der Waals surface area (Å²) in [5.41, 5.74) is 0.446. The van der Waals surface area contributed by atoms with Crippen LogP contribution in [0.5, 0.6) is 0 Å². The third kappa shape index (κ3) is 8.29. The van der Waals surface area contributed by atoms with E-state index in [4.69, 9.17) is 28.6 Å². The van der Waals surface area contributed by atoms with Gasteiger partial charge in [0.05, 0.1) is 5.02 Å². The van der Waals surface area contributed by atoms with Gasteiger partial charge in [-0.05, 0) is 31.9 Å². The molecular formula is C20H26Cl2N4O. The third-order valence-corrected chi connectivity index (χ3v) is 4.34. The van der Waals surface area contributed by atoms with Crippen molar-refractivity contribution in [2.45, 2.75) is 39.7 Å². The first kappa shape index (κ1) is 24.7. The lowest BCUT2D eigenvalue weighted by molar-refractivity contribution is 0.218. The van der Waals surface area contributed by atoms with Crippen LogP contribution in [-0.4, -0.2) is 34.3 Å². The number of nitrogens with zero attached hydrogens (tertiary/aromatic N) is 2. The second-order valence-electron chi connectivity index (χ2n) is 5.35. The van der Waals surface area contributed by atoms with E-state index in [9.17, 15) is 4.79 Å². The topological polar surface area (TPSA) is 69.1 Å². The van der Waals surface area contributed by atoms with Gasteiger partial charge < -0.3 is 5.32 Å². The molecule has 0 bridgehead atoms. The number of halogens is 2. The predicted octanol–water partition coefficient (Wildman–Crippen LogP) is 5.21. The molecule has 0 aliphatic heterocycles. The van der Waals surface area contributed by atoms with Crippen LogP contribution in [0.25, 0.3) is 0 Å². The standard InChI is InChI=1S/C18H24Cl2N4O.C2H2/c1-4-13(19)8-7-11-24(18(25)23-14(5-2)6-3)17(21)15-9-10-22-12-16(15)20;1-2/h4,7-10,12,14,21H,5-6,11H2,1-3H3,(H,23,25);1-2H/b8-7-,13-4+,21-17?;. The Bertz CT molecular complexity index is 694. The van der Waals surface area contributed by atoms with Crippen LogP contribution in [0.15, 0.2) is 41.7 Å². The summed E-state index contributed by atoms with van der Waals surface area (Å²) < 4.78 is 0. The fourth-order valence-corrected chi connectivity index (χ4v) is 2.40. The molecule has 7 heteroatoms. The molecule has 0 atom stereocenters. The average Bonchev–Trinajstić information content (AvgIpc) is 2.70. The quantitative estimate of drug-likeness (QED) is 0.281. The number of rotatable bonds is 7. The second kappa shape index (κ2) is 13.9. The van der Waals surface area contributed by atoms with Crippen molar-refractivity contribution >= 4 is 35.1 Å². The minimum Gasteiger partial charge on any atom is -0.335 e. The van der Waals surface area contributed by atoms with Crippen molar-refractivity contribution in [2.75, 3.05) is 6.54 Å². The van der Waals surface area contributed by atoms with Crippen LogP contribution in [0.1, 0.15) is 39.2 Å². The first-order valence-corrected chi connectivity index (χ1v) is 9.28. The summed E-state index contributed by atoms with van der Waals surface area (Å²) in [5.74, 6) is 0.0112. The highest BCUT2D eigenvalue weighted by Gasteiger charge is 2.22. The Hall–Kier alpha value is -2.29. The number of terminal acetylenes is 1. The Morgan fingerprint density at radius 3 is 2.56 bits per heavy atom. The van der Waals surface area contributed by atoms with Crippen LogP contribution in [0.4, 0.5) is 4.79 Å². The van der Waals surface area contributed by atoms with Crippen molar-refractivity contribution in [3.63, 3.8) is 0 Å². The number of nitrogens with one attached hydrogen (secondary N) is 2. The third-order valence-electron chi connectivity index (χ3n) is 3.70. The Labute approximate surface area is 172 Å². The Kier molecular flexibility index (Phi) is 12.7. The molecule has 0 aliphatic rings. The molecule has 2 amide bonds. The van der Waals surface area contributed by atoms with Crippen molar-refractivity contribution in [3.8, 4) is 12.8 Å². The number of amidine groups is 1. The van der Waals surface area contributed by atoms with Gasteiger partial charge in [-0.1, -0.05) is 49.2 Å². The summed E-state index contributed by atoms with van der Waals surface area (Å²) in [7, 11) is 0. The first-order chi connectivity index (χ1) is 12.9. The summed E-state index contributed by atoms with van der Waals surface area (Å²) in [6.07, 6.45) is 17.8. The van der Waals surface area contributed by atoms with Crippen LogP contribution in [0, 0.1) is 18.3 Å². The van der Waals surface area contributed by atoms with Gasteiger partial charge in [0.1, 0.15) is 5.84 Å². The molecule has 0 aromatic carbocycles. The number of allylic oxidation sites excluding steroid dienone is 3. The van der Waals surface area contributed by atoms with Gasteiger partial charge in [0.25, 0.3) is 0 Å². The van der Waals surface area contributed by atoms with Crippen molar-refractivity contribution < 1.29 is 4.79 Å². The summed E-state index contributed by atoms with van der Waals surface area (Å²) in [4.78, 5) is 17.9. The van der Waals surface area contributed by atoms with E-state index in [1.165, 1.54) is 11.1 Å². The highest BCUT2D eigenvalue weighted by molar-refractivity contribution is 6.34. The maximum absolute atomic E-state index is 12.7. The number of amides is 2. The van der Waals surface area contributed by atoms with E-state index >= 15 is 0 Å². The molecule has 0 saturated heterocycles. The Morgan fingerprint density at radius 2 is 2.04 bits per heavy atom. The smallest absolute Gasteiger partial charge is 0.323 e. The fourth-order valence-electron chi connectivity index (χ4n) is 2.10. The van der Waals surface area contributed by atoms with Gasteiger partial charge in [-0.2, -0.15) is 0 Å². The normalized spacial score (nSPS) is 11.0. The number of carbonyl (C=O) groups is 1. The van der Waals surface area contributed by atoms with E-state index in [1.807, 2.05) is 20.8 Å². The molecule has 0 radical (unpaired) electrons. The lowest BCUT2D eigenvalue weighted by Gasteiger charge is -2.25. The number of hydrogen-bond acceptors (Lipinski definition) is 3. The Morgan fingerprint density at radius 1 is 1.41 bits per heavy atom. The summed E-state index contributed by atoms with van der Waals surface area (Å²) in [5, 5.41) is 12.2. The molecule has 0 unspecified atom stereocenters. The monoisotopic (exact) mass is 408 g/mol. The molecular weight excluding hydrogens is 383 g/mol. The lowest BCUT2D eigenvalue weighted by Crippen LogP contribution is -2.47. The molecule has 0 fully saturated rings. The molecule has 2 N–H and O–H groups in total. The van der Waals surface area contributed by atoms with Crippen LogP contribution in [0.3, 0.4) is 0 Å². The second-order valence-corrected chi connectivity index (χ2v) is 6.20. The number of carbonyl (C=O) groups excluding carboxylic acids is 1. The number of aromatic nitrogens is 1. The van der Waals surface area contributed by atoms with Gasteiger partial charge in [-0.3, -0.25) is 15.3 Å². The fraction of sp³-hybridized carbons (Fsp3) is 0.350. The van der Waals surface area contributed by atoms with Gasteiger partial charge in [-0.25, -0.2) is 4.79 Å². The van der Waals surface area contributed by atoms with E-state index in [-0.39, 0.29) is 24.5 Å². The largest absolute Gasteiger partial charge is 0.335 e. The van der Waals surface area contributed by atoms with Gasteiger partial charge in [0, 0.05) is 35.6 Å². The first-order valence-electron chi connectivity index (χ1n) is 8.52. The maximum atomic E-state index is 12.7. The van der Waals surface area contributed by atoms with E-state index in [0.29, 0.717) is 15.6 Å². The van der Waals surface area contributed by atoms with Crippen LogP contribution >= 0.6 is 23.2 Å². The molecule has 27 heavy (non-hydrogen) atoms. The zero-order chi connectivity index (χ0) is 20.8. The molecule has 0 spiro atoms. The molecule has 146 valence electrons. The van der Waals surface area contributed by atoms with Crippen molar-refractivity contribution in [1.82, 2.24) is 15.2 Å². The van der Waals surface area contributed by atoms with Crippen molar-refractivity contribution in [1.29, 1.82) is 5.41 Å². The molecule has 1 aromatic heterocycles. The predicted molar refractivity (Wildman–Crippen MR) is 114 cm³/mol. The van der Waals surface area contributed by atoms with Crippen LogP contribution < -0.4 is 5.32 Å². The van der Waals surface area contributed by atoms with Gasteiger partial charge in [0.15, 0.2) is 0 Å². The molecule has 1 aromatic rings. The molecule has 1 rings (SSSR count). The SMILES string of the molecule is C#C.C/C=C(Cl)\C=C/CN(C(=N)c1ccncc1Cl)C(=O)NC(CC)CC.